The minimum absolute atomic E-state index is 0.00695. The third kappa shape index (κ3) is 7.91. The van der Waals surface area contributed by atoms with E-state index in [1.54, 1.807) is 12.1 Å². The summed E-state index contributed by atoms with van der Waals surface area (Å²) in [7, 11) is 1.42. The smallest absolute Gasteiger partial charge is 0.337 e. The maximum absolute atomic E-state index is 13.2. The van der Waals surface area contributed by atoms with E-state index in [1.165, 1.54) is 7.05 Å². The molecule has 0 saturated carbocycles. The van der Waals surface area contributed by atoms with Gasteiger partial charge in [-0.1, -0.05) is 103 Å². The molecule has 4 aromatic rings. The molecule has 0 heterocycles. The Hall–Kier alpha value is -4.69. The van der Waals surface area contributed by atoms with Gasteiger partial charge >= 0.3 is 18.0 Å². The van der Waals surface area contributed by atoms with Gasteiger partial charge in [-0.2, -0.15) is 0 Å². The summed E-state index contributed by atoms with van der Waals surface area (Å²) in [5, 5.41) is 15.0. The first-order valence-corrected chi connectivity index (χ1v) is 13.0. The third-order valence-corrected chi connectivity index (χ3v) is 6.40. The maximum Gasteiger partial charge on any atom is 0.337 e. The molecule has 0 aliphatic carbocycles. The Morgan fingerprint density at radius 2 is 1.30 bits per heavy atom. The molecule has 0 aliphatic rings. The molecule has 0 spiro atoms. The number of carbonyl (C=O) groups excluding carboxylic acids is 3. The number of urea groups is 1. The topological polar surface area (TPSA) is 105 Å². The lowest BCUT2D eigenvalue weighted by Gasteiger charge is -2.24. The summed E-state index contributed by atoms with van der Waals surface area (Å²) in [5.74, 6) is -1.44. The molecule has 0 bridgehead atoms. The summed E-state index contributed by atoms with van der Waals surface area (Å²) in [5.41, 5.74) is 2.46. The molecule has 8 heteroatoms. The van der Waals surface area contributed by atoms with Crippen LogP contribution in [-0.4, -0.2) is 53.7 Å². The van der Waals surface area contributed by atoms with Crippen LogP contribution in [0.15, 0.2) is 103 Å². The molecule has 0 saturated heterocycles. The van der Waals surface area contributed by atoms with Gasteiger partial charge in [0.1, 0.15) is 19.3 Å². The number of carbonyl (C=O) groups is 3. The molecule has 8 nitrogen and oxygen atoms in total. The highest BCUT2D eigenvalue weighted by molar-refractivity contribution is 5.88. The molecule has 0 fully saturated rings. The third-order valence-electron chi connectivity index (χ3n) is 6.40. The fourth-order valence-electron chi connectivity index (χ4n) is 4.21. The largest absolute Gasteiger partial charge is 0.459 e. The van der Waals surface area contributed by atoms with Gasteiger partial charge in [0, 0.05) is 13.5 Å². The average molecular weight is 541 g/mol. The molecule has 4 rings (SSSR count). The fraction of sp³-hybridized carbons (Fsp3) is 0.219. The van der Waals surface area contributed by atoms with Crippen LogP contribution in [0.1, 0.15) is 16.7 Å². The van der Waals surface area contributed by atoms with E-state index < -0.39 is 30.1 Å². The minimum Gasteiger partial charge on any atom is -0.459 e. The van der Waals surface area contributed by atoms with Crippen molar-refractivity contribution in [3.05, 3.63) is 120 Å². The highest BCUT2D eigenvalue weighted by Crippen LogP contribution is 2.20. The van der Waals surface area contributed by atoms with Crippen molar-refractivity contribution in [3.63, 3.8) is 0 Å². The molecule has 0 aliphatic heterocycles. The molecular weight excluding hydrogens is 508 g/mol. The second-order valence-corrected chi connectivity index (χ2v) is 9.43. The van der Waals surface area contributed by atoms with E-state index in [0.717, 1.165) is 32.4 Å². The van der Waals surface area contributed by atoms with E-state index in [9.17, 15) is 19.5 Å². The van der Waals surface area contributed by atoms with E-state index >= 15 is 0 Å². The number of nitrogens with one attached hydrogen (secondary N) is 1. The first kappa shape index (κ1) is 28.3. The van der Waals surface area contributed by atoms with E-state index in [0.29, 0.717) is 0 Å². The first-order chi connectivity index (χ1) is 19.4. The SMILES string of the molecule is CN(CC(O)C(=O)OCc1ccccc1)C(=O)N[C@@H](Cc1cccc2ccccc12)C(=O)OCc1ccccc1. The Balaban J connectivity index is 1.41. The van der Waals surface area contributed by atoms with Crippen LogP contribution in [-0.2, 0) is 38.7 Å². The number of ether oxygens (including phenoxy) is 2. The lowest BCUT2D eigenvalue weighted by molar-refractivity contribution is -0.155. The molecule has 4 aromatic carbocycles. The van der Waals surface area contributed by atoms with E-state index in [4.69, 9.17) is 9.47 Å². The second-order valence-electron chi connectivity index (χ2n) is 9.43. The molecule has 0 radical (unpaired) electrons. The minimum atomic E-state index is -1.55. The van der Waals surface area contributed by atoms with E-state index in [-0.39, 0.29) is 26.2 Å². The quantitative estimate of drug-likeness (QED) is 0.276. The number of nitrogens with zero attached hydrogens (tertiary/aromatic N) is 1. The van der Waals surface area contributed by atoms with Crippen LogP contribution in [0.4, 0.5) is 4.79 Å². The van der Waals surface area contributed by atoms with E-state index in [1.807, 2.05) is 91.0 Å². The summed E-state index contributed by atoms with van der Waals surface area (Å²) in [6.07, 6.45) is -1.36. The molecular formula is C32H32N2O6. The fourth-order valence-corrected chi connectivity index (χ4v) is 4.21. The van der Waals surface area contributed by atoms with Crippen LogP contribution in [0, 0.1) is 0 Å². The molecule has 2 N–H and O–H groups in total. The van der Waals surface area contributed by atoms with Crippen LogP contribution in [0.3, 0.4) is 0 Å². The number of aliphatic hydroxyl groups excluding tert-OH is 1. The van der Waals surface area contributed by atoms with Crippen molar-refractivity contribution >= 4 is 28.7 Å². The van der Waals surface area contributed by atoms with Gasteiger partial charge in [0.15, 0.2) is 6.10 Å². The Kier molecular flexibility index (Phi) is 9.85. The molecule has 40 heavy (non-hydrogen) atoms. The van der Waals surface area contributed by atoms with Crippen LogP contribution in [0.5, 0.6) is 0 Å². The molecule has 2 amide bonds. The Morgan fingerprint density at radius 3 is 1.95 bits per heavy atom. The number of hydrogen-bond acceptors (Lipinski definition) is 6. The summed E-state index contributed by atoms with van der Waals surface area (Å²) < 4.78 is 10.7. The van der Waals surface area contributed by atoms with Crippen LogP contribution >= 0.6 is 0 Å². The summed E-state index contributed by atoms with van der Waals surface area (Å²) in [6, 6.07) is 30.3. The monoisotopic (exact) mass is 540 g/mol. The van der Waals surface area contributed by atoms with Gasteiger partial charge in [-0.05, 0) is 27.5 Å². The Morgan fingerprint density at radius 1 is 0.750 bits per heavy atom. The van der Waals surface area contributed by atoms with Crippen molar-refractivity contribution in [2.24, 2.45) is 0 Å². The predicted molar refractivity (Wildman–Crippen MR) is 151 cm³/mol. The number of aliphatic hydroxyl groups is 1. The van der Waals surface area contributed by atoms with Crippen molar-refractivity contribution in [2.75, 3.05) is 13.6 Å². The summed E-state index contributed by atoms with van der Waals surface area (Å²) in [4.78, 5) is 39.7. The average Bonchev–Trinajstić information content (AvgIpc) is 2.99. The van der Waals surface area contributed by atoms with Crippen LogP contribution in [0.2, 0.25) is 0 Å². The standard InChI is InChI=1S/C32H32N2O6/c1-34(20-29(35)31(37)40-22-24-13-6-3-7-14-24)32(38)33-28(30(36)39-21-23-11-4-2-5-12-23)19-26-17-10-16-25-15-8-9-18-27(25)26/h2-18,28-29,35H,19-22H2,1H3,(H,33,38)/t28-,29?/m0/s1. The lowest BCUT2D eigenvalue weighted by atomic mass is 9.99. The molecule has 1 unspecified atom stereocenters. The summed E-state index contributed by atoms with van der Waals surface area (Å²) >= 11 is 0. The second kappa shape index (κ2) is 13.9. The molecule has 0 aromatic heterocycles. The summed E-state index contributed by atoms with van der Waals surface area (Å²) in [6.45, 7) is -0.254. The van der Waals surface area contributed by atoms with Crippen LogP contribution < -0.4 is 5.32 Å². The number of amides is 2. The predicted octanol–water partition coefficient (Wildman–Crippen LogP) is 4.24. The van der Waals surface area contributed by atoms with Gasteiger partial charge in [-0.3, -0.25) is 0 Å². The molecule has 2 atom stereocenters. The normalized spacial score (nSPS) is 12.2. The van der Waals surface area contributed by atoms with Crippen molar-refractivity contribution in [1.82, 2.24) is 10.2 Å². The number of hydrogen-bond donors (Lipinski definition) is 2. The van der Waals surface area contributed by atoms with Crippen molar-refractivity contribution in [2.45, 2.75) is 31.8 Å². The zero-order valence-corrected chi connectivity index (χ0v) is 22.2. The maximum atomic E-state index is 13.2. The van der Waals surface area contributed by atoms with Gasteiger partial charge in [-0.25, -0.2) is 14.4 Å². The zero-order chi connectivity index (χ0) is 28.3. The van der Waals surface area contributed by atoms with Gasteiger partial charge in [-0.15, -0.1) is 0 Å². The van der Waals surface area contributed by atoms with E-state index in [2.05, 4.69) is 5.32 Å². The zero-order valence-electron chi connectivity index (χ0n) is 22.2. The van der Waals surface area contributed by atoms with Gasteiger partial charge in [0.2, 0.25) is 0 Å². The van der Waals surface area contributed by atoms with Crippen molar-refractivity contribution < 1.29 is 29.0 Å². The number of likely N-dealkylation sites (N-methyl/N-ethyl adjacent to an activating group) is 1. The lowest BCUT2D eigenvalue weighted by Crippen LogP contribution is -2.50. The van der Waals surface area contributed by atoms with Crippen molar-refractivity contribution in [3.8, 4) is 0 Å². The molecule has 206 valence electrons. The highest BCUT2D eigenvalue weighted by atomic mass is 16.5. The van der Waals surface area contributed by atoms with Crippen LogP contribution in [0.25, 0.3) is 10.8 Å². The highest BCUT2D eigenvalue weighted by Gasteiger charge is 2.27. The van der Waals surface area contributed by atoms with Gasteiger partial charge in [0.25, 0.3) is 0 Å². The number of rotatable bonds is 11. The number of fused-ring (bicyclic) bond motifs is 1. The van der Waals surface area contributed by atoms with Crippen molar-refractivity contribution in [1.29, 1.82) is 0 Å². The first-order valence-electron chi connectivity index (χ1n) is 13.0. The number of esters is 2. The Labute approximate surface area is 233 Å². The Bertz CT molecular complexity index is 1420. The van der Waals surface area contributed by atoms with Gasteiger partial charge < -0.3 is 24.8 Å². The number of benzene rings is 4. The van der Waals surface area contributed by atoms with Gasteiger partial charge in [0.05, 0.1) is 6.54 Å².